The monoisotopic (exact) mass is 402 g/mol. The van der Waals surface area contributed by atoms with Gasteiger partial charge in [0, 0.05) is 0 Å². The molecule has 1 heterocycles. The van der Waals surface area contributed by atoms with Gasteiger partial charge in [-0.1, -0.05) is 66.7 Å². The molecule has 29 heavy (non-hydrogen) atoms. The number of benzene rings is 3. The van der Waals surface area contributed by atoms with E-state index in [1.165, 1.54) is 7.11 Å². The third-order valence-electron chi connectivity index (χ3n) is 4.86. The number of hydrogen-bond donors (Lipinski definition) is 2. The quantitative estimate of drug-likeness (QED) is 0.396. The van der Waals surface area contributed by atoms with Crippen LogP contribution >= 0.6 is 12.2 Å². The molecular weight excluding hydrogens is 384 g/mol. The standard InChI is InChI=1S/C23H18N2O3S/c1-28-22(27)21(26)18-19(15-8-3-2-4-9-15)24-23(29)25-20(18)17-12-11-14-7-5-6-10-16(14)13-17/h2-13,20H,1H3,(H2,24,25,29)/t20-/m0/s1. The summed E-state index contributed by atoms with van der Waals surface area (Å²) < 4.78 is 4.72. The summed E-state index contributed by atoms with van der Waals surface area (Å²) in [5.74, 6) is -1.64. The largest absolute Gasteiger partial charge is 0.463 e. The van der Waals surface area contributed by atoms with Gasteiger partial charge in [0.2, 0.25) is 0 Å². The van der Waals surface area contributed by atoms with Gasteiger partial charge < -0.3 is 15.4 Å². The average molecular weight is 402 g/mol. The van der Waals surface area contributed by atoms with Crippen LogP contribution in [0.1, 0.15) is 17.2 Å². The van der Waals surface area contributed by atoms with Gasteiger partial charge in [-0.25, -0.2) is 4.79 Å². The molecule has 3 aromatic rings. The topological polar surface area (TPSA) is 67.4 Å². The second kappa shape index (κ2) is 7.85. The molecule has 1 aliphatic heterocycles. The van der Waals surface area contributed by atoms with Gasteiger partial charge >= 0.3 is 5.97 Å². The number of nitrogens with one attached hydrogen (secondary N) is 2. The Morgan fingerprint density at radius 1 is 0.931 bits per heavy atom. The number of ketones is 1. The Morgan fingerprint density at radius 2 is 1.62 bits per heavy atom. The molecule has 4 rings (SSSR count). The molecule has 0 spiro atoms. The van der Waals surface area contributed by atoms with E-state index >= 15 is 0 Å². The zero-order valence-electron chi connectivity index (χ0n) is 15.6. The van der Waals surface area contributed by atoms with E-state index in [0.717, 1.165) is 21.9 Å². The smallest absolute Gasteiger partial charge is 0.379 e. The van der Waals surface area contributed by atoms with Crippen LogP contribution in [0.2, 0.25) is 0 Å². The Balaban J connectivity index is 1.92. The third-order valence-corrected chi connectivity index (χ3v) is 5.08. The van der Waals surface area contributed by atoms with Crippen molar-refractivity contribution < 1.29 is 14.3 Å². The van der Waals surface area contributed by atoms with Gasteiger partial charge in [0.25, 0.3) is 5.78 Å². The number of thiocarbonyl (C=S) groups is 1. The lowest BCUT2D eigenvalue weighted by Gasteiger charge is -2.31. The normalized spacial score (nSPS) is 16.2. The number of carbonyl (C=O) groups is 2. The summed E-state index contributed by atoms with van der Waals surface area (Å²) in [5.41, 5.74) is 2.36. The van der Waals surface area contributed by atoms with Crippen molar-refractivity contribution in [1.29, 1.82) is 0 Å². The van der Waals surface area contributed by atoms with E-state index in [0.29, 0.717) is 10.8 Å². The molecule has 1 aliphatic rings. The molecule has 6 heteroatoms. The van der Waals surface area contributed by atoms with Crippen molar-refractivity contribution in [2.75, 3.05) is 7.11 Å². The Hall–Kier alpha value is -3.51. The minimum absolute atomic E-state index is 0.270. The van der Waals surface area contributed by atoms with Gasteiger partial charge in [0.15, 0.2) is 5.11 Å². The maximum atomic E-state index is 13.0. The molecule has 1 atom stereocenters. The van der Waals surface area contributed by atoms with Crippen molar-refractivity contribution in [3.8, 4) is 0 Å². The average Bonchev–Trinajstić information content (AvgIpc) is 2.77. The van der Waals surface area contributed by atoms with E-state index < -0.39 is 17.8 Å². The van der Waals surface area contributed by atoms with Crippen molar-refractivity contribution in [2.45, 2.75) is 6.04 Å². The number of carbonyl (C=O) groups excluding carboxylic acids is 2. The number of fused-ring (bicyclic) bond motifs is 1. The van der Waals surface area contributed by atoms with E-state index in [-0.39, 0.29) is 5.57 Å². The van der Waals surface area contributed by atoms with Crippen LogP contribution < -0.4 is 10.6 Å². The van der Waals surface area contributed by atoms with Gasteiger partial charge in [-0.3, -0.25) is 4.79 Å². The van der Waals surface area contributed by atoms with Crippen LogP contribution in [0.4, 0.5) is 0 Å². The summed E-state index contributed by atoms with van der Waals surface area (Å²) in [5, 5.41) is 8.68. The van der Waals surface area contributed by atoms with E-state index in [4.69, 9.17) is 17.0 Å². The lowest BCUT2D eigenvalue weighted by atomic mass is 9.89. The van der Waals surface area contributed by atoms with E-state index in [2.05, 4.69) is 10.6 Å². The minimum atomic E-state index is -0.921. The third kappa shape index (κ3) is 3.62. The maximum absolute atomic E-state index is 13.0. The number of hydrogen-bond acceptors (Lipinski definition) is 4. The molecular formula is C23H18N2O3S. The van der Waals surface area contributed by atoms with Gasteiger partial charge in [-0.05, 0) is 40.2 Å². The van der Waals surface area contributed by atoms with Crippen molar-refractivity contribution in [3.63, 3.8) is 0 Å². The molecule has 0 unspecified atom stereocenters. The highest BCUT2D eigenvalue weighted by Gasteiger charge is 2.35. The fourth-order valence-electron chi connectivity index (χ4n) is 3.48. The summed E-state index contributed by atoms with van der Waals surface area (Å²) >= 11 is 5.41. The molecule has 5 nitrogen and oxygen atoms in total. The Kier molecular flexibility index (Phi) is 5.10. The van der Waals surface area contributed by atoms with Crippen LogP contribution in [-0.2, 0) is 14.3 Å². The Morgan fingerprint density at radius 3 is 2.34 bits per heavy atom. The lowest BCUT2D eigenvalue weighted by Crippen LogP contribution is -2.46. The van der Waals surface area contributed by atoms with Crippen LogP contribution in [0.3, 0.4) is 0 Å². The molecule has 0 amide bonds. The Labute approximate surface area is 173 Å². The van der Waals surface area contributed by atoms with Gasteiger partial charge in [0.05, 0.1) is 24.4 Å². The number of rotatable bonds is 4. The minimum Gasteiger partial charge on any atom is -0.463 e. The summed E-state index contributed by atoms with van der Waals surface area (Å²) in [6.07, 6.45) is 0. The fraction of sp³-hybridized carbons (Fsp3) is 0.0870. The number of Topliss-reactive ketones (excluding diaryl/α,β-unsaturated/α-hetero) is 1. The summed E-state index contributed by atoms with van der Waals surface area (Å²) in [7, 11) is 1.20. The zero-order valence-corrected chi connectivity index (χ0v) is 16.5. The number of ether oxygens (including phenoxy) is 1. The first kappa shape index (κ1) is 18.8. The molecule has 144 valence electrons. The predicted octanol–water partition coefficient (Wildman–Crippen LogP) is 3.51. The van der Waals surface area contributed by atoms with Crippen molar-refractivity contribution in [3.05, 3.63) is 89.5 Å². The van der Waals surface area contributed by atoms with Crippen LogP contribution in [-0.4, -0.2) is 24.0 Å². The molecule has 0 radical (unpaired) electrons. The van der Waals surface area contributed by atoms with Crippen LogP contribution in [0.25, 0.3) is 16.5 Å². The maximum Gasteiger partial charge on any atom is 0.379 e. The van der Waals surface area contributed by atoms with Crippen molar-refractivity contribution in [2.24, 2.45) is 0 Å². The van der Waals surface area contributed by atoms with Crippen molar-refractivity contribution >= 4 is 45.6 Å². The second-order valence-corrected chi connectivity index (χ2v) is 7.02. The molecule has 0 saturated heterocycles. The molecule has 0 saturated carbocycles. The molecule has 0 aromatic heterocycles. The zero-order chi connectivity index (χ0) is 20.4. The first-order valence-corrected chi connectivity index (χ1v) is 9.48. The number of esters is 1. The van der Waals surface area contributed by atoms with E-state index in [1.54, 1.807) is 0 Å². The van der Waals surface area contributed by atoms with Gasteiger partial charge in [-0.15, -0.1) is 0 Å². The first-order valence-electron chi connectivity index (χ1n) is 9.07. The van der Waals surface area contributed by atoms with E-state index in [9.17, 15) is 9.59 Å². The molecule has 0 aliphatic carbocycles. The summed E-state index contributed by atoms with van der Waals surface area (Å²) in [6.45, 7) is 0. The highest BCUT2D eigenvalue weighted by Crippen LogP contribution is 2.33. The molecule has 0 fully saturated rings. The molecule has 3 aromatic carbocycles. The molecule has 0 bridgehead atoms. The molecule has 2 N–H and O–H groups in total. The highest BCUT2D eigenvalue weighted by atomic mass is 32.1. The Bertz CT molecular complexity index is 1160. The number of methoxy groups -OCH3 is 1. The predicted molar refractivity (Wildman–Crippen MR) is 116 cm³/mol. The van der Waals surface area contributed by atoms with Crippen LogP contribution in [0, 0.1) is 0 Å². The van der Waals surface area contributed by atoms with Crippen LogP contribution in [0.15, 0.2) is 78.4 Å². The lowest BCUT2D eigenvalue weighted by molar-refractivity contribution is -0.150. The first-order chi connectivity index (χ1) is 14.1. The highest BCUT2D eigenvalue weighted by molar-refractivity contribution is 7.80. The van der Waals surface area contributed by atoms with Gasteiger partial charge in [0.1, 0.15) is 0 Å². The van der Waals surface area contributed by atoms with Crippen LogP contribution in [0.5, 0.6) is 0 Å². The summed E-state index contributed by atoms with van der Waals surface area (Å²) in [4.78, 5) is 25.2. The SMILES string of the molecule is COC(=O)C(=O)C1=C(c2ccccc2)NC(=S)N[C@H]1c1ccc2ccccc2c1. The van der Waals surface area contributed by atoms with E-state index in [1.807, 2.05) is 72.8 Å². The second-order valence-electron chi connectivity index (χ2n) is 6.61. The summed E-state index contributed by atoms with van der Waals surface area (Å²) in [6, 6.07) is 22.6. The van der Waals surface area contributed by atoms with Gasteiger partial charge in [-0.2, -0.15) is 0 Å². The fourth-order valence-corrected chi connectivity index (χ4v) is 3.70. The van der Waals surface area contributed by atoms with Crippen molar-refractivity contribution in [1.82, 2.24) is 10.6 Å².